The van der Waals surface area contributed by atoms with Crippen molar-refractivity contribution in [2.75, 3.05) is 25.0 Å². The molecule has 0 spiro atoms. The molecule has 1 aromatic rings. The molecule has 0 bridgehead atoms. The third kappa shape index (κ3) is 6.11. The number of carbonyl (C=O) groups is 1. The molecule has 21 heavy (non-hydrogen) atoms. The van der Waals surface area contributed by atoms with E-state index in [4.69, 9.17) is 4.74 Å². The first kappa shape index (κ1) is 16.7. The minimum absolute atomic E-state index is 0.0418. The Morgan fingerprint density at radius 2 is 2.05 bits per heavy atom. The number of rotatable bonds is 9. The molecule has 0 fully saturated rings. The smallest absolute Gasteiger partial charge is 0.275 e. The van der Waals surface area contributed by atoms with Crippen LogP contribution in [0.4, 0.5) is 11.4 Å². The Labute approximate surface area is 123 Å². The second-order valence-electron chi connectivity index (χ2n) is 4.43. The summed E-state index contributed by atoms with van der Waals surface area (Å²) in [4.78, 5) is 21.9. The molecule has 0 unspecified atom stereocenters. The van der Waals surface area contributed by atoms with Crippen LogP contribution in [0, 0.1) is 10.1 Å². The normalized spacial score (nSPS) is 10.0. The minimum Gasteiger partial charge on any atom is -0.494 e. The third-order valence-electron chi connectivity index (χ3n) is 2.67. The number of hydrogen-bond donors (Lipinski definition) is 2. The number of ether oxygens (including phenoxy) is 1. The van der Waals surface area contributed by atoms with Crippen molar-refractivity contribution in [2.45, 2.75) is 26.7 Å². The van der Waals surface area contributed by atoms with Crippen molar-refractivity contribution in [2.24, 2.45) is 0 Å². The van der Waals surface area contributed by atoms with Gasteiger partial charge < -0.3 is 15.4 Å². The molecule has 1 rings (SSSR count). The predicted octanol–water partition coefficient (Wildman–Crippen LogP) is 2.32. The molecular formula is C14H21N3O4. The zero-order valence-corrected chi connectivity index (χ0v) is 12.3. The van der Waals surface area contributed by atoms with Gasteiger partial charge in [-0.15, -0.1) is 0 Å². The molecule has 7 heteroatoms. The molecule has 0 radical (unpaired) electrons. The minimum atomic E-state index is -0.471. The van der Waals surface area contributed by atoms with E-state index in [-0.39, 0.29) is 11.6 Å². The van der Waals surface area contributed by atoms with Crippen molar-refractivity contribution in [1.29, 1.82) is 0 Å². The fourth-order valence-electron chi connectivity index (χ4n) is 1.71. The van der Waals surface area contributed by atoms with Gasteiger partial charge in [0.2, 0.25) is 5.91 Å². The first-order chi connectivity index (χ1) is 10.1. The highest BCUT2D eigenvalue weighted by Gasteiger charge is 2.10. The van der Waals surface area contributed by atoms with E-state index in [1.165, 1.54) is 12.1 Å². The molecule has 1 amide bonds. The van der Waals surface area contributed by atoms with Crippen molar-refractivity contribution in [3.8, 4) is 5.75 Å². The maximum atomic E-state index is 11.5. The maximum absolute atomic E-state index is 11.5. The number of nitro groups is 1. The standard InChI is InChI=1S/C14H21N3O4/c1-3-6-16-14(18)5-7-15-11-8-12(17(19)20)10-13(9-11)21-4-2/h8-10,15H,3-7H2,1-2H3,(H,16,18). The lowest BCUT2D eigenvalue weighted by molar-refractivity contribution is -0.384. The van der Waals surface area contributed by atoms with E-state index in [9.17, 15) is 14.9 Å². The Morgan fingerprint density at radius 1 is 1.29 bits per heavy atom. The molecular weight excluding hydrogens is 274 g/mol. The number of hydrogen-bond acceptors (Lipinski definition) is 5. The summed E-state index contributed by atoms with van der Waals surface area (Å²) < 4.78 is 5.29. The molecule has 116 valence electrons. The Hall–Kier alpha value is -2.31. The summed E-state index contributed by atoms with van der Waals surface area (Å²) in [6, 6.07) is 4.48. The Bertz CT molecular complexity index is 491. The molecule has 0 atom stereocenters. The zero-order valence-electron chi connectivity index (χ0n) is 12.3. The summed E-state index contributed by atoms with van der Waals surface area (Å²) in [7, 11) is 0. The van der Waals surface area contributed by atoms with Crippen molar-refractivity contribution in [3.63, 3.8) is 0 Å². The number of carbonyl (C=O) groups excluding carboxylic acids is 1. The van der Waals surface area contributed by atoms with Crippen molar-refractivity contribution >= 4 is 17.3 Å². The van der Waals surface area contributed by atoms with E-state index in [1.807, 2.05) is 13.8 Å². The van der Waals surface area contributed by atoms with Crippen LogP contribution in [0.25, 0.3) is 0 Å². The second kappa shape index (κ2) is 8.78. The van der Waals surface area contributed by atoms with Gasteiger partial charge in [-0.3, -0.25) is 14.9 Å². The van der Waals surface area contributed by atoms with Crippen LogP contribution in [-0.2, 0) is 4.79 Å². The fraction of sp³-hybridized carbons (Fsp3) is 0.500. The number of amides is 1. The number of benzene rings is 1. The summed E-state index contributed by atoms with van der Waals surface area (Å²) in [5.74, 6) is 0.393. The van der Waals surface area contributed by atoms with Gasteiger partial charge in [-0.2, -0.15) is 0 Å². The lowest BCUT2D eigenvalue weighted by Gasteiger charge is -2.09. The molecule has 1 aromatic carbocycles. The Morgan fingerprint density at radius 3 is 2.67 bits per heavy atom. The number of non-ortho nitro benzene ring substituents is 1. The highest BCUT2D eigenvalue weighted by molar-refractivity contribution is 5.76. The largest absolute Gasteiger partial charge is 0.494 e. The number of anilines is 1. The zero-order chi connectivity index (χ0) is 15.7. The number of nitrogens with zero attached hydrogens (tertiary/aromatic N) is 1. The molecule has 2 N–H and O–H groups in total. The average Bonchev–Trinajstić information content (AvgIpc) is 2.45. The van der Waals surface area contributed by atoms with Gasteiger partial charge in [0.15, 0.2) is 0 Å². The van der Waals surface area contributed by atoms with Crippen LogP contribution in [0.1, 0.15) is 26.7 Å². The summed E-state index contributed by atoms with van der Waals surface area (Å²) in [5, 5.41) is 16.6. The first-order valence-corrected chi connectivity index (χ1v) is 6.99. The van der Waals surface area contributed by atoms with Gasteiger partial charge in [0.1, 0.15) is 5.75 Å². The number of nitrogens with one attached hydrogen (secondary N) is 2. The van der Waals surface area contributed by atoms with E-state index in [0.717, 1.165) is 6.42 Å². The predicted molar refractivity (Wildman–Crippen MR) is 80.7 cm³/mol. The van der Waals surface area contributed by atoms with Crippen LogP contribution in [0.2, 0.25) is 0 Å². The molecule has 0 aromatic heterocycles. The van der Waals surface area contributed by atoms with Crippen LogP contribution >= 0.6 is 0 Å². The molecule has 0 saturated carbocycles. The topological polar surface area (TPSA) is 93.5 Å². The van der Waals surface area contributed by atoms with Gasteiger partial charge >= 0.3 is 0 Å². The average molecular weight is 295 g/mol. The summed E-state index contributed by atoms with van der Waals surface area (Å²) in [6.07, 6.45) is 1.20. The van der Waals surface area contributed by atoms with E-state index in [2.05, 4.69) is 10.6 Å². The van der Waals surface area contributed by atoms with E-state index >= 15 is 0 Å². The second-order valence-corrected chi connectivity index (χ2v) is 4.43. The van der Waals surface area contributed by atoms with Crippen LogP contribution in [0.3, 0.4) is 0 Å². The van der Waals surface area contributed by atoms with Crippen molar-refractivity contribution < 1.29 is 14.5 Å². The van der Waals surface area contributed by atoms with Crippen LogP contribution in [0.15, 0.2) is 18.2 Å². The third-order valence-corrected chi connectivity index (χ3v) is 2.67. The van der Waals surface area contributed by atoms with Gasteiger partial charge in [0.25, 0.3) is 5.69 Å². The fourth-order valence-corrected chi connectivity index (χ4v) is 1.71. The lowest BCUT2D eigenvalue weighted by atomic mass is 10.2. The van der Waals surface area contributed by atoms with Crippen LogP contribution in [-0.4, -0.2) is 30.5 Å². The molecule has 0 aliphatic rings. The summed E-state index contributed by atoms with van der Waals surface area (Å²) >= 11 is 0. The molecule has 0 saturated heterocycles. The molecule has 0 heterocycles. The monoisotopic (exact) mass is 295 g/mol. The summed E-state index contributed by atoms with van der Waals surface area (Å²) in [6.45, 7) is 5.29. The van der Waals surface area contributed by atoms with Gasteiger partial charge in [0.05, 0.1) is 17.6 Å². The van der Waals surface area contributed by atoms with Crippen molar-refractivity contribution in [3.05, 3.63) is 28.3 Å². The lowest BCUT2D eigenvalue weighted by Crippen LogP contribution is -2.25. The van der Waals surface area contributed by atoms with Gasteiger partial charge in [-0.1, -0.05) is 6.92 Å². The van der Waals surface area contributed by atoms with E-state index in [1.54, 1.807) is 6.07 Å². The van der Waals surface area contributed by atoms with Crippen LogP contribution < -0.4 is 15.4 Å². The highest BCUT2D eigenvalue weighted by atomic mass is 16.6. The van der Waals surface area contributed by atoms with E-state index in [0.29, 0.717) is 37.6 Å². The van der Waals surface area contributed by atoms with Crippen molar-refractivity contribution in [1.82, 2.24) is 5.32 Å². The maximum Gasteiger partial charge on any atom is 0.275 e. The molecule has 7 nitrogen and oxygen atoms in total. The summed E-state index contributed by atoms with van der Waals surface area (Å²) in [5.41, 5.74) is 0.523. The Balaban J connectivity index is 2.61. The van der Waals surface area contributed by atoms with Gasteiger partial charge in [-0.25, -0.2) is 0 Å². The quantitative estimate of drug-likeness (QED) is 0.538. The van der Waals surface area contributed by atoms with Crippen LogP contribution in [0.5, 0.6) is 5.75 Å². The van der Waals surface area contributed by atoms with Gasteiger partial charge in [0, 0.05) is 37.3 Å². The first-order valence-electron chi connectivity index (χ1n) is 6.99. The molecule has 0 aliphatic carbocycles. The Kier molecular flexibility index (Phi) is 7.00. The van der Waals surface area contributed by atoms with E-state index < -0.39 is 4.92 Å². The number of nitro benzene ring substituents is 1. The molecule has 0 aliphatic heterocycles. The SMILES string of the molecule is CCCNC(=O)CCNc1cc(OCC)cc([N+](=O)[O-])c1. The highest BCUT2D eigenvalue weighted by Crippen LogP contribution is 2.26. The van der Waals surface area contributed by atoms with Gasteiger partial charge in [-0.05, 0) is 13.3 Å².